The van der Waals surface area contributed by atoms with E-state index in [1.807, 2.05) is 25.5 Å². The number of hydrogen-bond acceptors (Lipinski definition) is 5. The van der Waals surface area contributed by atoms with Gasteiger partial charge in [0, 0.05) is 18.0 Å². The number of nitrogens with one attached hydrogen (secondary N) is 1. The van der Waals surface area contributed by atoms with Crippen LogP contribution in [0.3, 0.4) is 0 Å². The highest BCUT2D eigenvalue weighted by Crippen LogP contribution is 2.22. The molecule has 0 aliphatic rings. The molecule has 1 heterocycles. The molecular formula is C12H21N3O2S. The maximum absolute atomic E-state index is 11.5. The minimum atomic E-state index is -0.105. The lowest BCUT2D eigenvalue weighted by Crippen LogP contribution is -2.36. The number of hydrogen-bond donors (Lipinski definition) is 2. The van der Waals surface area contributed by atoms with Gasteiger partial charge in [0.15, 0.2) is 0 Å². The van der Waals surface area contributed by atoms with E-state index in [0.717, 1.165) is 0 Å². The third-order valence-corrected chi connectivity index (χ3v) is 3.46. The van der Waals surface area contributed by atoms with Gasteiger partial charge in [-0.15, -0.1) is 11.3 Å². The summed E-state index contributed by atoms with van der Waals surface area (Å²) < 4.78 is 5.08. The Bertz CT molecular complexity index is 341. The molecule has 0 bridgehead atoms. The van der Waals surface area contributed by atoms with E-state index in [-0.39, 0.29) is 18.6 Å². The third kappa shape index (κ3) is 5.14. The summed E-state index contributed by atoms with van der Waals surface area (Å²) in [6.45, 7) is 1.50. The van der Waals surface area contributed by atoms with E-state index in [4.69, 9.17) is 10.5 Å². The first-order valence-electron chi connectivity index (χ1n) is 5.89. The zero-order valence-corrected chi connectivity index (χ0v) is 11.7. The molecule has 1 aromatic heterocycles. The Kier molecular flexibility index (Phi) is 6.89. The maximum atomic E-state index is 11.5. The van der Waals surface area contributed by atoms with Crippen LogP contribution in [-0.2, 0) is 9.53 Å². The fraction of sp³-hybridized carbons (Fsp3) is 0.583. The van der Waals surface area contributed by atoms with E-state index in [0.29, 0.717) is 19.7 Å². The molecule has 1 atom stereocenters. The molecule has 0 spiro atoms. The topological polar surface area (TPSA) is 67.6 Å². The largest absolute Gasteiger partial charge is 0.370 e. The van der Waals surface area contributed by atoms with Gasteiger partial charge < -0.3 is 20.7 Å². The molecule has 6 heteroatoms. The monoisotopic (exact) mass is 271 g/mol. The highest BCUT2D eigenvalue weighted by molar-refractivity contribution is 7.10. The van der Waals surface area contributed by atoms with E-state index in [1.54, 1.807) is 11.3 Å². The average Bonchev–Trinajstić information content (AvgIpc) is 2.83. The van der Waals surface area contributed by atoms with Crippen LogP contribution in [0, 0.1) is 0 Å². The second-order valence-corrected chi connectivity index (χ2v) is 5.12. The molecule has 0 aliphatic heterocycles. The molecule has 1 rings (SSSR count). The van der Waals surface area contributed by atoms with Crippen LogP contribution >= 0.6 is 11.3 Å². The van der Waals surface area contributed by atoms with E-state index in [1.165, 1.54) is 4.88 Å². The molecule has 0 radical (unpaired) electrons. The zero-order valence-electron chi connectivity index (χ0n) is 10.9. The molecular weight excluding hydrogens is 250 g/mol. The van der Waals surface area contributed by atoms with E-state index in [9.17, 15) is 4.79 Å². The number of carbonyl (C=O) groups is 1. The Balaban J connectivity index is 2.37. The molecule has 3 N–H and O–H groups in total. The van der Waals surface area contributed by atoms with E-state index >= 15 is 0 Å². The molecule has 0 aliphatic carbocycles. The fourth-order valence-corrected chi connectivity index (χ4v) is 2.45. The predicted octanol–water partition coefficient (Wildman–Crippen LogP) is 0.442. The van der Waals surface area contributed by atoms with Crippen molar-refractivity contribution in [2.75, 3.05) is 40.4 Å². The van der Waals surface area contributed by atoms with Gasteiger partial charge in [0.25, 0.3) is 0 Å². The number of thiophene rings is 1. The summed E-state index contributed by atoms with van der Waals surface area (Å²) in [6, 6.07) is 4.29. The Morgan fingerprint density at radius 3 is 2.94 bits per heavy atom. The molecule has 0 saturated heterocycles. The summed E-state index contributed by atoms with van der Waals surface area (Å²) in [6.07, 6.45) is 0. The molecule has 18 heavy (non-hydrogen) atoms. The molecule has 1 aromatic rings. The minimum Gasteiger partial charge on any atom is -0.370 e. The Hall–Kier alpha value is -0.950. The summed E-state index contributed by atoms with van der Waals surface area (Å²) in [5, 5.41) is 4.91. The minimum absolute atomic E-state index is 0.0712. The molecule has 0 saturated carbocycles. The second kappa shape index (κ2) is 8.20. The standard InChI is InChI=1S/C12H21N3O2S/c1-15(2)10(11-4-3-7-18-11)8-14-12(16)9-17-6-5-13/h3-4,7,10H,5-6,8-9,13H2,1-2H3,(H,14,16). The highest BCUT2D eigenvalue weighted by atomic mass is 32.1. The molecule has 5 nitrogen and oxygen atoms in total. The van der Waals surface area contributed by atoms with Crippen LogP contribution in [0.5, 0.6) is 0 Å². The van der Waals surface area contributed by atoms with Crippen LogP contribution in [0.25, 0.3) is 0 Å². The quantitative estimate of drug-likeness (QED) is 0.673. The Morgan fingerprint density at radius 2 is 2.39 bits per heavy atom. The van der Waals surface area contributed by atoms with Crippen molar-refractivity contribution in [2.24, 2.45) is 5.73 Å². The number of nitrogens with two attached hydrogens (primary N) is 1. The van der Waals surface area contributed by atoms with Crippen molar-refractivity contribution in [1.29, 1.82) is 0 Å². The van der Waals surface area contributed by atoms with Gasteiger partial charge >= 0.3 is 0 Å². The van der Waals surface area contributed by atoms with Crippen LogP contribution in [0.4, 0.5) is 0 Å². The van der Waals surface area contributed by atoms with Crippen molar-refractivity contribution >= 4 is 17.2 Å². The normalized spacial score (nSPS) is 12.7. The zero-order chi connectivity index (χ0) is 13.4. The molecule has 1 unspecified atom stereocenters. The van der Waals surface area contributed by atoms with Crippen LogP contribution < -0.4 is 11.1 Å². The van der Waals surface area contributed by atoms with Crippen molar-refractivity contribution in [3.63, 3.8) is 0 Å². The molecule has 0 aromatic carbocycles. The van der Waals surface area contributed by atoms with Gasteiger partial charge in [-0.1, -0.05) is 6.07 Å². The van der Waals surface area contributed by atoms with E-state index < -0.39 is 0 Å². The number of carbonyl (C=O) groups excluding carboxylic acids is 1. The summed E-state index contributed by atoms with van der Waals surface area (Å²) in [5.41, 5.74) is 5.28. The number of rotatable bonds is 8. The van der Waals surface area contributed by atoms with Gasteiger partial charge in [0.1, 0.15) is 6.61 Å². The number of likely N-dealkylation sites (N-methyl/N-ethyl adjacent to an activating group) is 1. The van der Waals surface area contributed by atoms with Crippen LogP contribution in [0.2, 0.25) is 0 Å². The number of ether oxygens (including phenoxy) is 1. The van der Waals surface area contributed by atoms with Crippen LogP contribution in [0.15, 0.2) is 17.5 Å². The van der Waals surface area contributed by atoms with E-state index in [2.05, 4.69) is 16.3 Å². The summed E-state index contributed by atoms with van der Waals surface area (Å²) in [5.74, 6) is -0.105. The first kappa shape index (κ1) is 15.1. The predicted molar refractivity (Wildman–Crippen MR) is 73.6 cm³/mol. The van der Waals surface area contributed by atoms with Gasteiger partial charge in [0.05, 0.1) is 12.6 Å². The smallest absolute Gasteiger partial charge is 0.246 e. The second-order valence-electron chi connectivity index (χ2n) is 4.14. The van der Waals surface area contributed by atoms with Gasteiger partial charge in [-0.2, -0.15) is 0 Å². The Morgan fingerprint density at radius 1 is 1.61 bits per heavy atom. The lowest BCUT2D eigenvalue weighted by molar-refractivity contribution is -0.125. The molecule has 1 amide bonds. The van der Waals surface area contributed by atoms with Crippen molar-refractivity contribution in [3.8, 4) is 0 Å². The van der Waals surface area contributed by atoms with Crippen LogP contribution in [0.1, 0.15) is 10.9 Å². The van der Waals surface area contributed by atoms with Crippen molar-refractivity contribution < 1.29 is 9.53 Å². The summed E-state index contributed by atoms with van der Waals surface area (Å²) in [7, 11) is 4.00. The third-order valence-electron chi connectivity index (χ3n) is 2.48. The lowest BCUT2D eigenvalue weighted by atomic mass is 10.2. The number of nitrogens with zero attached hydrogens (tertiary/aromatic N) is 1. The van der Waals surface area contributed by atoms with Gasteiger partial charge in [-0.25, -0.2) is 0 Å². The molecule has 0 fully saturated rings. The SMILES string of the molecule is CN(C)C(CNC(=O)COCCN)c1cccs1. The van der Waals surface area contributed by atoms with Crippen LogP contribution in [-0.4, -0.2) is 51.2 Å². The van der Waals surface area contributed by atoms with Gasteiger partial charge in [0.2, 0.25) is 5.91 Å². The maximum Gasteiger partial charge on any atom is 0.246 e. The van der Waals surface area contributed by atoms with Crippen molar-refractivity contribution in [3.05, 3.63) is 22.4 Å². The lowest BCUT2D eigenvalue weighted by Gasteiger charge is -2.23. The van der Waals surface area contributed by atoms with Crippen molar-refractivity contribution in [1.82, 2.24) is 10.2 Å². The average molecular weight is 271 g/mol. The molecule has 102 valence electrons. The Labute approximate surface area is 112 Å². The first-order valence-corrected chi connectivity index (χ1v) is 6.77. The first-order chi connectivity index (χ1) is 8.65. The fourth-order valence-electron chi connectivity index (χ4n) is 1.53. The summed E-state index contributed by atoms with van der Waals surface area (Å²) in [4.78, 5) is 14.9. The summed E-state index contributed by atoms with van der Waals surface area (Å²) >= 11 is 1.69. The van der Waals surface area contributed by atoms with Gasteiger partial charge in [-0.3, -0.25) is 4.79 Å². The number of amides is 1. The van der Waals surface area contributed by atoms with Gasteiger partial charge in [-0.05, 0) is 25.5 Å². The van der Waals surface area contributed by atoms with Crippen molar-refractivity contribution in [2.45, 2.75) is 6.04 Å². The highest BCUT2D eigenvalue weighted by Gasteiger charge is 2.15.